The van der Waals surface area contributed by atoms with Crippen molar-refractivity contribution in [3.8, 4) is 12.1 Å². The minimum Gasteiger partial charge on any atom is -0.462 e. The molecule has 2 atom stereocenters. The second kappa shape index (κ2) is 12.2. The summed E-state index contributed by atoms with van der Waals surface area (Å²) in [5.74, 6) is -1.38. The van der Waals surface area contributed by atoms with Crippen molar-refractivity contribution in [1.29, 1.82) is 5.26 Å². The summed E-state index contributed by atoms with van der Waals surface area (Å²) >= 11 is 0. The Morgan fingerprint density at radius 1 is 1.17 bits per heavy atom. The van der Waals surface area contributed by atoms with E-state index in [1.54, 1.807) is 6.07 Å². The van der Waals surface area contributed by atoms with Crippen LogP contribution in [0.1, 0.15) is 41.6 Å². The molecule has 3 aliphatic rings. The number of piperazine rings is 1. The molecule has 13 heteroatoms. The van der Waals surface area contributed by atoms with Gasteiger partial charge in [-0.25, -0.2) is 4.39 Å². The predicted molar refractivity (Wildman–Crippen MR) is 146 cm³/mol. The molecule has 3 aliphatic heterocycles. The van der Waals surface area contributed by atoms with Gasteiger partial charge in [-0.05, 0) is 38.1 Å². The molecule has 224 valence electrons. The fraction of sp³-hybridized carbons (Fsp3) is 0.517. The molecule has 0 spiro atoms. The highest BCUT2D eigenvalue weighted by Gasteiger charge is 2.37. The van der Waals surface area contributed by atoms with E-state index in [-0.39, 0.29) is 43.7 Å². The first-order valence-corrected chi connectivity index (χ1v) is 13.9. The summed E-state index contributed by atoms with van der Waals surface area (Å²) in [5.41, 5.74) is 0.911. The van der Waals surface area contributed by atoms with Gasteiger partial charge in [0.1, 0.15) is 12.4 Å². The average molecular weight is 588 g/mol. The molecule has 2 fully saturated rings. The number of likely N-dealkylation sites (N-methyl/N-ethyl adjacent to an activating group) is 1. The Kier molecular flexibility index (Phi) is 8.65. The zero-order chi connectivity index (χ0) is 30.0. The zero-order valence-electron chi connectivity index (χ0n) is 23.4. The largest absolute Gasteiger partial charge is 0.462 e. The Labute approximate surface area is 242 Å². The fourth-order valence-corrected chi connectivity index (χ4v) is 6.00. The van der Waals surface area contributed by atoms with E-state index in [9.17, 15) is 27.6 Å². The van der Waals surface area contributed by atoms with Gasteiger partial charge in [-0.2, -0.15) is 28.4 Å². The van der Waals surface area contributed by atoms with Crippen LogP contribution in [0.2, 0.25) is 0 Å². The number of alkyl halides is 3. The first kappa shape index (κ1) is 29.7. The number of carbonyl (C=O) groups is 1. The first-order chi connectivity index (χ1) is 20.0. The van der Waals surface area contributed by atoms with Gasteiger partial charge in [0, 0.05) is 50.9 Å². The van der Waals surface area contributed by atoms with Gasteiger partial charge in [-0.1, -0.05) is 24.8 Å². The maximum absolute atomic E-state index is 13.7. The van der Waals surface area contributed by atoms with Gasteiger partial charge in [-0.15, -0.1) is 0 Å². The van der Waals surface area contributed by atoms with Crippen molar-refractivity contribution in [2.45, 2.75) is 57.2 Å². The molecule has 0 unspecified atom stereocenters. The molecular formula is C29H33F4N7O2. The first-order valence-electron chi connectivity index (χ1n) is 13.9. The van der Waals surface area contributed by atoms with E-state index in [0.717, 1.165) is 31.0 Å². The van der Waals surface area contributed by atoms with E-state index in [1.165, 1.54) is 17.0 Å². The van der Waals surface area contributed by atoms with Gasteiger partial charge in [0.2, 0.25) is 0 Å². The summed E-state index contributed by atoms with van der Waals surface area (Å²) in [7, 11) is 2.04. The number of nitriles is 1. The van der Waals surface area contributed by atoms with Crippen LogP contribution in [0.4, 0.5) is 23.4 Å². The van der Waals surface area contributed by atoms with Crippen molar-refractivity contribution in [3.05, 3.63) is 59.1 Å². The van der Waals surface area contributed by atoms with Crippen LogP contribution in [0, 0.1) is 11.3 Å². The van der Waals surface area contributed by atoms with Gasteiger partial charge in [-0.3, -0.25) is 9.69 Å². The second-order valence-electron chi connectivity index (χ2n) is 11.0. The normalized spacial score (nSPS) is 21.3. The number of anilines is 1. The van der Waals surface area contributed by atoms with Crippen LogP contribution in [0.3, 0.4) is 0 Å². The van der Waals surface area contributed by atoms with Crippen LogP contribution in [0.15, 0.2) is 36.7 Å². The number of benzene rings is 1. The monoisotopic (exact) mass is 587 g/mol. The lowest BCUT2D eigenvalue weighted by atomic mass is 10.1. The number of halogens is 4. The number of fused-ring (bicyclic) bond motifs is 1. The van der Waals surface area contributed by atoms with E-state index in [1.807, 2.05) is 16.8 Å². The second-order valence-corrected chi connectivity index (χ2v) is 11.0. The Morgan fingerprint density at radius 2 is 1.95 bits per heavy atom. The maximum Gasteiger partial charge on any atom is 0.416 e. The molecule has 0 radical (unpaired) electrons. The quantitative estimate of drug-likeness (QED) is 0.340. The van der Waals surface area contributed by atoms with E-state index in [2.05, 4.69) is 22.5 Å². The molecule has 2 aromatic rings. The summed E-state index contributed by atoms with van der Waals surface area (Å²) in [4.78, 5) is 29.1. The van der Waals surface area contributed by atoms with Crippen molar-refractivity contribution in [2.24, 2.45) is 0 Å². The van der Waals surface area contributed by atoms with Crippen molar-refractivity contribution in [1.82, 2.24) is 24.7 Å². The SMILES string of the molecule is C=C(F)C(=O)N1CCN(c2nc(OC[C@@H]3CCCN3C)nc3c2CN(Cc2ccccc2C(F)(F)F)C3)C[C@@H]1CC#N. The van der Waals surface area contributed by atoms with Crippen LogP contribution in [0.25, 0.3) is 0 Å². The van der Waals surface area contributed by atoms with E-state index in [0.29, 0.717) is 37.8 Å². The molecule has 1 aromatic heterocycles. The van der Waals surface area contributed by atoms with Gasteiger partial charge in [0.15, 0.2) is 5.83 Å². The minimum atomic E-state index is -4.47. The van der Waals surface area contributed by atoms with E-state index in [4.69, 9.17) is 9.72 Å². The summed E-state index contributed by atoms with van der Waals surface area (Å²) in [6.07, 6.45) is -2.42. The molecule has 0 aliphatic carbocycles. The fourth-order valence-electron chi connectivity index (χ4n) is 6.00. The van der Waals surface area contributed by atoms with Crippen molar-refractivity contribution < 1.29 is 27.1 Å². The summed E-state index contributed by atoms with van der Waals surface area (Å²) in [5, 5.41) is 9.40. The highest BCUT2D eigenvalue weighted by atomic mass is 19.4. The molecule has 2 saturated heterocycles. The van der Waals surface area contributed by atoms with Crippen LogP contribution < -0.4 is 9.64 Å². The highest BCUT2D eigenvalue weighted by molar-refractivity contribution is 5.91. The number of ether oxygens (including phenoxy) is 1. The summed E-state index contributed by atoms with van der Waals surface area (Å²) in [6, 6.07) is 7.40. The molecule has 42 heavy (non-hydrogen) atoms. The van der Waals surface area contributed by atoms with Gasteiger partial charge in [0.25, 0.3) is 5.91 Å². The molecule has 1 aromatic carbocycles. The maximum atomic E-state index is 13.7. The lowest BCUT2D eigenvalue weighted by molar-refractivity contribution is -0.138. The number of aromatic nitrogens is 2. The van der Waals surface area contributed by atoms with Gasteiger partial charge in [0.05, 0.1) is 29.8 Å². The van der Waals surface area contributed by atoms with Crippen LogP contribution in [0.5, 0.6) is 6.01 Å². The number of carbonyl (C=O) groups excluding carboxylic acids is 1. The Hall–Kier alpha value is -3.76. The Bertz CT molecular complexity index is 1380. The molecule has 0 N–H and O–H groups in total. The van der Waals surface area contributed by atoms with Crippen LogP contribution >= 0.6 is 0 Å². The average Bonchev–Trinajstić information content (AvgIpc) is 3.55. The van der Waals surface area contributed by atoms with Gasteiger partial charge >= 0.3 is 12.2 Å². The predicted octanol–water partition coefficient (Wildman–Crippen LogP) is 3.90. The molecule has 0 bridgehead atoms. The van der Waals surface area contributed by atoms with E-state index >= 15 is 0 Å². The molecule has 5 rings (SSSR count). The Morgan fingerprint density at radius 3 is 2.64 bits per heavy atom. The van der Waals surface area contributed by atoms with E-state index < -0.39 is 29.5 Å². The third kappa shape index (κ3) is 6.34. The lowest BCUT2D eigenvalue weighted by Gasteiger charge is -2.41. The molecule has 9 nitrogen and oxygen atoms in total. The minimum absolute atomic E-state index is 0.0134. The molecule has 1 amide bonds. The van der Waals surface area contributed by atoms with Crippen molar-refractivity contribution >= 4 is 11.7 Å². The molecule has 4 heterocycles. The summed E-state index contributed by atoms with van der Waals surface area (Å²) in [6.45, 7) is 5.85. The third-order valence-electron chi connectivity index (χ3n) is 8.20. The highest BCUT2D eigenvalue weighted by Crippen LogP contribution is 2.36. The van der Waals surface area contributed by atoms with Crippen LogP contribution in [-0.4, -0.2) is 82.5 Å². The number of amides is 1. The number of rotatable bonds is 8. The third-order valence-corrected chi connectivity index (χ3v) is 8.20. The number of hydrogen-bond acceptors (Lipinski definition) is 8. The van der Waals surface area contributed by atoms with Gasteiger partial charge < -0.3 is 19.4 Å². The standard InChI is InChI=1S/C29H33F4N7O2/c1-19(30)27(41)40-13-12-39(15-21(40)9-10-34)26-23-16-38(14-20-6-3-4-8-24(20)29(31,32)33)17-25(23)35-28(36-26)42-18-22-7-5-11-37(22)2/h3-4,6,8,21-22H,1,5,7,9,11-18H2,2H3/t21-,22-/m0/s1. The smallest absolute Gasteiger partial charge is 0.416 e. The topological polar surface area (TPSA) is 88.8 Å². The molecule has 0 saturated carbocycles. The number of likely N-dealkylation sites (tertiary alicyclic amines) is 1. The van der Waals surface area contributed by atoms with Crippen molar-refractivity contribution in [3.63, 3.8) is 0 Å². The zero-order valence-corrected chi connectivity index (χ0v) is 23.4. The Balaban J connectivity index is 1.42. The van der Waals surface area contributed by atoms with Crippen molar-refractivity contribution in [2.75, 3.05) is 44.7 Å². The summed E-state index contributed by atoms with van der Waals surface area (Å²) < 4.78 is 60.8. The van der Waals surface area contributed by atoms with Crippen LogP contribution in [-0.2, 0) is 30.6 Å². The lowest BCUT2D eigenvalue weighted by Crippen LogP contribution is -2.55. The number of nitrogens with zero attached hydrogens (tertiary/aromatic N) is 7. The molecular weight excluding hydrogens is 554 g/mol. The number of hydrogen-bond donors (Lipinski definition) is 0.